The molecule has 1 rings (SSSR count). The molecule has 4 nitrogen and oxygen atoms in total. The Morgan fingerprint density at radius 2 is 2.20 bits per heavy atom. The SMILES string of the molecule is CC(C)(C#N)CCN1CC(CC(=O)O)C1. The standard InChI is InChI=1S/C11H18N2O2/c1-11(2,8-12)3-4-13-6-9(7-13)5-10(14)15/h9H,3-7H2,1-2H3,(H,14,15). The van der Waals surface area contributed by atoms with Gasteiger partial charge in [-0.1, -0.05) is 0 Å². The molecular formula is C11H18N2O2. The summed E-state index contributed by atoms with van der Waals surface area (Å²) in [6.45, 7) is 6.50. The third kappa shape index (κ3) is 3.88. The number of likely N-dealkylation sites (tertiary alicyclic amines) is 1. The van der Waals surface area contributed by atoms with Gasteiger partial charge in [-0.2, -0.15) is 5.26 Å². The highest BCUT2D eigenvalue weighted by atomic mass is 16.4. The predicted octanol–water partition coefficient (Wildman–Crippen LogP) is 1.33. The van der Waals surface area contributed by atoms with E-state index in [0.29, 0.717) is 5.92 Å². The second-order valence-electron chi connectivity index (χ2n) is 4.97. The molecule has 1 N–H and O–H groups in total. The summed E-state index contributed by atoms with van der Waals surface area (Å²) in [5, 5.41) is 17.4. The number of carbonyl (C=O) groups is 1. The van der Waals surface area contributed by atoms with Crippen molar-refractivity contribution in [2.75, 3.05) is 19.6 Å². The molecule has 15 heavy (non-hydrogen) atoms. The van der Waals surface area contributed by atoms with Gasteiger partial charge in [-0.25, -0.2) is 0 Å². The van der Waals surface area contributed by atoms with Gasteiger partial charge in [0, 0.05) is 13.1 Å². The monoisotopic (exact) mass is 210 g/mol. The van der Waals surface area contributed by atoms with E-state index >= 15 is 0 Å². The van der Waals surface area contributed by atoms with E-state index in [1.54, 1.807) is 0 Å². The molecule has 0 atom stereocenters. The minimum atomic E-state index is -0.711. The second-order valence-corrected chi connectivity index (χ2v) is 4.97. The normalized spacial score (nSPS) is 18.2. The first-order chi connectivity index (χ1) is 6.93. The van der Waals surface area contributed by atoms with Crippen molar-refractivity contribution < 1.29 is 9.90 Å². The number of nitrogens with zero attached hydrogens (tertiary/aromatic N) is 2. The lowest BCUT2D eigenvalue weighted by Gasteiger charge is -2.39. The molecule has 0 amide bonds. The van der Waals surface area contributed by atoms with E-state index in [0.717, 1.165) is 26.1 Å². The van der Waals surface area contributed by atoms with Crippen molar-refractivity contribution in [3.05, 3.63) is 0 Å². The molecule has 1 saturated heterocycles. The van der Waals surface area contributed by atoms with Crippen molar-refractivity contribution in [3.8, 4) is 6.07 Å². The number of hydrogen-bond donors (Lipinski definition) is 1. The number of aliphatic carboxylic acids is 1. The highest BCUT2D eigenvalue weighted by Gasteiger charge is 2.29. The van der Waals surface area contributed by atoms with Gasteiger partial charge in [-0.3, -0.25) is 4.79 Å². The van der Waals surface area contributed by atoms with Crippen LogP contribution in [0.4, 0.5) is 0 Å². The van der Waals surface area contributed by atoms with Gasteiger partial charge in [0.15, 0.2) is 0 Å². The number of carboxylic acid groups (broad SMARTS) is 1. The van der Waals surface area contributed by atoms with E-state index in [2.05, 4.69) is 11.0 Å². The maximum atomic E-state index is 10.4. The Morgan fingerprint density at radius 1 is 1.60 bits per heavy atom. The van der Waals surface area contributed by atoms with Crippen LogP contribution in [0, 0.1) is 22.7 Å². The number of hydrogen-bond acceptors (Lipinski definition) is 3. The molecule has 0 aromatic rings. The third-order valence-electron chi connectivity index (χ3n) is 2.85. The average molecular weight is 210 g/mol. The zero-order valence-corrected chi connectivity index (χ0v) is 9.36. The van der Waals surface area contributed by atoms with E-state index in [1.807, 2.05) is 13.8 Å². The van der Waals surface area contributed by atoms with Crippen LogP contribution in [0.5, 0.6) is 0 Å². The van der Waals surface area contributed by atoms with Crippen LogP contribution in [-0.2, 0) is 4.79 Å². The van der Waals surface area contributed by atoms with Gasteiger partial charge >= 0.3 is 5.97 Å². The number of carboxylic acids is 1. The molecule has 0 saturated carbocycles. The van der Waals surface area contributed by atoms with Gasteiger partial charge in [0.2, 0.25) is 0 Å². The van der Waals surface area contributed by atoms with Gasteiger partial charge in [-0.15, -0.1) is 0 Å². The highest BCUT2D eigenvalue weighted by Crippen LogP contribution is 2.24. The molecular weight excluding hydrogens is 192 g/mol. The van der Waals surface area contributed by atoms with Crippen LogP contribution >= 0.6 is 0 Å². The summed E-state index contributed by atoms with van der Waals surface area (Å²) in [5.74, 6) is -0.398. The van der Waals surface area contributed by atoms with Crippen LogP contribution in [0.3, 0.4) is 0 Å². The van der Waals surface area contributed by atoms with Gasteiger partial charge < -0.3 is 10.0 Å². The summed E-state index contributed by atoms with van der Waals surface area (Å²) >= 11 is 0. The summed E-state index contributed by atoms with van der Waals surface area (Å²) in [5.41, 5.74) is -0.266. The van der Waals surface area contributed by atoms with Crippen LogP contribution < -0.4 is 0 Å². The van der Waals surface area contributed by atoms with Crippen LogP contribution in [-0.4, -0.2) is 35.6 Å². The summed E-state index contributed by atoms with van der Waals surface area (Å²) in [4.78, 5) is 12.6. The first kappa shape index (κ1) is 12.0. The molecule has 0 aromatic carbocycles. The molecule has 0 unspecified atom stereocenters. The topological polar surface area (TPSA) is 64.3 Å². The van der Waals surface area contributed by atoms with E-state index in [4.69, 9.17) is 10.4 Å². The minimum absolute atomic E-state index is 0.266. The second kappa shape index (κ2) is 4.63. The lowest BCUT2D eigenvalue weighted by atomic mass is 9.89. The maximum absolute atomic E-state index is 10.4. The summed E-state index contributed by atoms with van der Waals surface area (Å²) in [7, 11) is 0. The molecule has 1 aliphatic heterocycles. The molecule has 0 spiro atoms. The number of nitriles is 1. The summed E-state index contributed by atoms with van der Waals surface area (Å²) in [6.07, 6.45) is 1.13. The van der Waals surface area contributed by atoms with E-state index in [9.17, 15) is 4.79 Å². The Balaban J connectivity index is 2.14. The van der Waals surface area contributed by atoms with Crippen LogP contribution in [0.2, 0.25) is 0 Å². The Labute approximate surface area is 90.5 Å². The van der Waals surface area contributed by atoms with Gasteiger partial charge in [-0.05, 0) is 32.7 Å². The van der Waals surface area contributed by atoms with Crippen molar-refractivity contribution in [1.82, 2.24) is 4.90 Å². The zero-order chi connectivity index (χ0) is 11.5. The predicted molar refractivity (Wildman–Crippen MR) is 56.2 cm³/mol. The van der Waals surface area contributed by atoms with Crippen molar-refractivity contribution >= 4 is 5.97 Å². The molecule has 1 fully saturated rings. The first-order valence-corrected chi connectivity index (χ1v) is 5.28. The number of rotatable bonds is 5. The van der Waals surface area contributed by atoms with Crippen LogP contribution in [0.15, 0.2) is 0 Å². The Bertz CT molecular complexity index is 275. The third-order valence-corrected chi connectivity index (χ3v) is 2.85. The van der Waals surface area contributed by atoms with Gasteiger partial charge in [0.25, 0.3) is 0 Å². The molecule has 1 aliphatic rings. The lowest BCUT2D eigenvalue weighted by Crippen LogP contribution is -2.48. The molecule has 0 bridgehead atoms. The van der Waals surface area contributed by atoms with Crippen molar-refractivity contribution in [2.24, 2.45) is 11.3 Å². The molecule has 0 aromatic heterocycles. The smallest absolute Gasteiger partial charge is 0.303 e. The summed E-state index contributed by atoms with van der Waals surface area (Å²) in [6, 6.07) is 2.27. The highest BCUT2D eigenvalue weighted by molar-refractivity contribution is 5.67. The van der Waals surface area contributed by atoms with Gasteiger partial charge in [0.1, 0.15) is 0 Å². The van der Waals surface area contributed by atoms with Crippen molar-refractivity contribution in [2.45, 2.75) is 26.7 Å². The quantitative estimate of drug-likeness (QED) is 0.743. The van der Waals surface area contributed by atoms with E-state index < -0.39 is 5.97 Å². The molecule has 84 valence electrons. The van der Waals surface area contributed by atoms with Crippen LogP contribution in [0.1, 0.15) is 26.7 Å². The Kier molecular flexibility index (Phi) is 3.70. The zero-order valence-electron chi connectivity index (χ0n) is 9.36. The largest absolute Gasteiger partial charge is 0.481 e. The molecule has 0 aliphatic carbocycles. The van der Waals surface area contributed by atoms with Crippen LogP contribution in [0.25, 0.3) is 0 Å². The minimum Gasteiger partial charge on any atom is -0.481 e. The Morgan fingerprint density at radius 3 is 2.67 bits per heavy atom. The van der Waals surface area contributed by atoms with E-state index in [1.165, 1.54) is 0 Å². The van der Waals surface area contributed by atoms with E-state index in [-0.39, 0.29) is 11.8 Å². The van der Waals surface area contributed by atoms with Crippen molar-refractivity contribution in [3.63, 3.8) is 0 Å². The Hall–Kier alpha value is -1.08. The van der Waals surface area contributed by atoms with Gasteiger partial charge in [0.05, 0.1) is 17.9 Å². The fourth-order valence-corrected chi connectivity index (χ4v) is 1.73. The fourth-order valence-electron chi connectivity index (χ4n) is 1.73. The molecule has 0 radical (unpaired) electrons. The average Bonchev–Trinajstić information content (AvgIpc) is 2.08. The lowest BCUT2D eigenvalue weighted by molar-refractivity contribution is -0.139. The molecule has 1 heterocycles. The first-order valence-electron chi connectivity index (χ1n) is 5.28. The maximum Gasteiger partial charge on any atom is 0.303 e. The summed E-state index contributed by atoms with van der Waals surface area (Å²) < 4.78 is 0. The fraction of sp³-hybridized carbons (Fsp3) is 0.818. The molecule has 4 heteroatoms. The van der Waals surface area contributed by atoms with Crippen molar-refractivity contribution in [1.29, 1.82) is 5.26 Å².